The summed E-state index contributed by atoms with van der Waals surface area (Å²) in [4.78, 5) is 6.68. The highest BCUT2D eigenvalue weighted by molar-refractivity contribution is 5.65. The quantitative estimate of drug-likeness (QED) is 0.900. The maximum atomic E-state index is 4.45. The van der Waals surface area contributed by atoms with Crippen molar-refractivity contribution < 1.29 is 0 Å². The Bertz CT molecular complexity index is 576. The lowest BCUT2D eigenvalue weighted by atomic mass is 10.1. The Hall–Kier alpha value is -1.87. The Kier molecular flexibility index (Phi) is 3.70. The van der Waals surface area contributed by atoms with E-state index >= 15 is 0 Å². The van der Waals surface area contributed by atoms with Crippen LogP contribution in [0.5, 0.6) is 0 Å². The van der Waals surface area contributed by atoms with E-state index in [1.54, 1.807) is 0 Å². The average molecular weight is 267 g/mol. The van der Waals surface area contributed by atoms with Crippen molar-refractivity contribution in [3.63, 3.8) is 0 Å². The minimum absolute atomic E-state index is 0.714. The van der Waals surface area contributed by atoms with Crippen LogP contribution in [-0.2, 0) is 6.54 Å². The lowest BCUT2D eigenvalue weighted by Crippen LogP contribution is -2.19. The molecule has 1 saturated carbocycles. The van der Waals surface area contributed by atoms with Gasteiger partial charge in [-0.05, 0) is 38.0 Å². The molecule has 1 heterocycles. The van der Waals surface area contributed by atoms with Gasteiger partial charge in [0.05, 0.1) is 0 Å². The third-order valence-corrected chi connectivity index (χ3v) is 3.76. The molecule has 0 aliphatic heterocycles. The summed E-state index contributed by atoms with van der Waals surface area (Å²) in [5.41, 5.74) is 4.74. The number of rotatable bonds is 5. The molecule has 20 heavy (non-hydrogen) atoms. The number of anilines is 2. The number of nitrogens with one attached hydrogen (secondary N) is 1. The summed E-state index contributed by atoms with van der Waals surface area (Å²) in [6.45, 7) is 2.94. The van der Waals surface area contributed by atoms with Crippen LogP contribution < -0.4 is 10.2 Å². The van der Waals surface area contributed by atoms with Crippen LogP contribution in [-0.4, -0.2) is 18.1 Å². The fourth-order valence-electron chi connectivity index (χ4n) is 2.35. The van der Waals surface area contributed by atoms with E-state index in [9.17, 15) is 0 Å². The lowest BCUT2D eigenvalue weighted by Gasteiger charge is -2.23. The van der Waals surface area contributed by atoms with E-state index in [1.165, 1.54) is 29.8 Å². The second kappa shape index (κ2) is 5.63. The van der Waals surface area contributed by atoms with Gasteiger partial charge in [-0.1, -0.05) is 18.2 Å². The molecule has 104 valence electrons. The second-order valence-electron chi connectivity index (χ2n) is 5.50. The molecule has 0 radical (unpaired) electrons. The molecule has 2 aromatic rings. The number of pyridine rings is 1. The highest BCUT2D eigenvalue weighted by atomic mass is 15.1. The van der Waals surface area contributed by atoms with Gasteiger partial charge in [0, 0.05) is 48.5 Å². The maximum absolute atomic E-state index is 4.45. The molecular weight excluding hydrogens is 246 g/mol. The van der Waals surface area contributed by atoms with Crippen LogP contribution in [0.2, 0.25) is 0 Å². The van der Waals surface area contributed by atoms with Crippen molar-refractivity contribution in [2.75, 3.05) is 11.9 Å². The van der Waals surface area contributed by atoms with Crippen LogP contribution in [0.15, 0.2) is 42.6 Å². The Balaban J connectivity index is 1.87. The predicted molar refractivity (Wildman–Crippen MR) is 83.3 cm³/mol. The standard InChI is InChI=1S/C17H21N3/c1-13-10-17(20(2)16-6-4-3-5-7-16)14(11-18-13)12-19-15-8-9-15/h3-7,10-11,15,19H,8-9,12H2,1-2H3. The summed E-state index contributed by atoms with van der Waals surface area (Å²) in [6.07, 6.45) is 4.62. The summed E-state index contributed by atoms with van der Waals surface area (Å²) >= 11 is 0. The summed E-state index contributed by atoms with van der Waals surface area (Å²) in [7, 11) is 2.12. The lowest BCUT2D eigenvalue weighted by molar-refractivity contribution is 0.685. The summed E-state index contributed by atoms with van der Waals surface area (Å²) in [6, 6.07) is 13.3. The van der Waals surface area contributed by atoms with Crippen molar-refractivity contribution in [3.8, 4) is 0 Å². The SMILES string of the molecule is Cc1cc(N(C)c2ccccc2)c(CNC2CC2)cn1. The smallest absolute Gasteiger partial charge is 0.0487 e. The molecule has 0 saturated heterocycles. The molecular formula is C17H21N3. The molecule has 1 fully saturated rings. The number of nitrogens with zero attached hydrogens (tertiary/aromatic N) is 2. The number of hydrogen-bond donors (Lipinski definition) is 1. The van der Waals surface area contributed by atoms with Gasteiger partial charge in [-0.25, -0.2) is 0 Å². The Morgan fingerprint density at radius 1 is 1.25 bits per heavy atom. The zero-order valence-electron chi connectivity index (χ0n) is 12.1. The first-order valence-electron chi connectivity index (χ1n) is 7.22. The molecule has 0 unspecified atom stereocenters. The number of aromatic nitrogens is 1. The number of para-hydroxylation sites is 1. The fraction of sp³-hybridized carbons (Fsp3) is 0.353. The molecule has 3 nitrogen and oxygen atoms in total. The third-order valence-electron chi connectivity index (χ3n) is 3.76. The molecule has 0 bridgehead atoms. The van der Waals surface area contributed by atoms with Crippen LogP contribution in [0.1, 0.15) is 24.1 Å². The van der Waals surface area contributed by atoms with Crippen molar-refractivity contribution in [2.24, 2.45) is 0 Å². The van der Waals surface area contributed by atoms with Crippen molar-refractivity contribution in [3.05, 3.63) is 53.9 Å². The minimum Gasteiger partial charge on any atom is -0.344 e. The molecule has 0 spiro atoms. The molecule has 1 aliphatic rings. The van der Waals surface area contributed by atoms with Crippen molar-refractivity contribution >= 4 is 11.4 Å². The van der Waals surface area contributed by atoms with E-state index in [4.69, 9.17) is 0 Å². The van der Waals surface area contributed by atoms with Crippen molar-refractivity contribution in [1.82, 2.24) is 10.3 Å². The van der Waals surface area contributed by atoms with E-state index in [0.717, 1.165) is 12.2 Å². The van der Waals surface area contributed by atoms with E-state index in [-0.39, 0.29) is 0 Å². The van der Waals surface area contributed by atoms with Gasteiger partial charge in [0.1, 0.15) is 0 Å². The van der Waals surface area contributed by atoms with Crippen LogP contribution in [0.25, 0.3) is 0 Å². The molecule has 3 rings (SSSR count). The van der Waals surface area contributed by atoms with Gasteiger partial charge in [-0.2, -0.15) is 0 Å². The molecule has 3 heteroatoms. The first kappa shape index (κ1) is 13.1. The molecule has 1 aliphatic carbocycles. The monoisotopic (exact) mass is 267 g/mol. The second-order valence-corrected chi connectivity index (χ2v) is 5.50. The average Bonchev–Trinajstić information content (AvgIpc) is 3.30. The Morgan fingerprint density at radius 3 is 2.70 bits per heavy atom. The van der Waals surface area contributed by atoms with Crippen LogP contribution in [0.4, 0.5) is 11.4 Å². The summed E-state index contributed by atoms with van der Waals surface area (Å²) < 4.78 is 0. The Morgan fingerprint density at radius 2 is 2.00 bits per heavy atom. The van der Waals surface area contributed by atoms with Crippen LogP contribution in [0.3, 0.4) is 0 Å². The molecule has 0 amide bonds. The summed E-state index contributed by atoms with van der Waals surface area (Å²) in [5.74, 6) is 0. The van der Waals surface area contributed by atoms with Gasteiger partial charge in [-0.15, -0.1) is 0 Å². The minimum atomic E-state index is 0.714. The van der Waals surface area contributed by atoms with Gasteiger partial charge in [0.25, 0.3) is 0 Å². The Labute approximate surface area is 120 Å². The molecule has 0 atom stereocenters. The first-order valence-corrected chi connectivity index (χ1v) is 7.22. The fourth-order valence-corrected chi connectivity index (χ4v) is 2.35. The van der Waals surface area contributed by atoms with Crippen molar-refractivity contribution in [2.45, 2.75) is 32.4 Å². The summed E-state index contributed by atoms with van der Waals surface area (Å²) in [5, 5.41) is 3.57. The zero-order chi connectivity index (χ0) is 13.9. The predicted octanol–water partition coefficient (Wildman–Crippen LogP) is 3.41. The highest BCUT2D eigenvalue weighted by Crippen LogP contribution is 2.28. The van der Waals surface area contributed by atoms with Crippen molar-refractivity contribution in [1.29, 1.82) is 0 Å². The number of hydrogen-bond acceptors (Lipinski definition) is 3. The topological polar surface area (TPSA) is 28.2 Å². The first-order chi connectivity index (χ1) is 9.74. The van der Waals surface area contributed by atoms with Gasteiger partial charge >= 0.3 is 0 Å². The molecule has 1 aromatic heterocycles. The maximum Gasteiger partial charge on any atom is 0.0487 e. The van der Waals surface area contributed by atoms with Gasteiger partial charge in [0.2, 0.25) is 0 Å². The van der Waals surface area contributed by atoms with Gasteiger partial charge in [0.15, 0.2) is 0 Å². The largest absolute Gasteiger partial charge is 0.344 e. The van der Waals surface area contributed by atoms with Crippen LogP contribution >= 0.6 is 0 Å². The van der Waals surface area contributed by atoms with Gasteiger partial charge < -0.3 is 10.2 Å². The van der Waals surface area contributed by atoms with E-state index in [1.807, 2.05) is 19.2 Å². The number of aryl methyl sites for hydroxylation is 1. The van der Waals surface area contributed by atoms with E-state index in [2.05, 4.69) is 52.6 Å². The normalized spacial score (nSPS) is 14.3. The third kappa shape index (κ3) is 2.99. The molecule has 1 N–H and O–H groups in total. The molecule has 1 aromatic carbocycles. The van der Waals surface area contributed by atoms with E-state index < -0.39 is 0 Å². The zero-order valence-corrected chi connectivity index (χ0v) is 12.1. The highest BCUT2D eigenvalue weighted by Gasteiger charge is 2.21. The number of benzene rings is 1. The van der Waals surface area contributed by atoms with E-state index in [0.29, 0.717) is 6.04 Å². The van der Waals surface area contributed by atoms with Gasteiger partial charge in [-0.3, -0.25) is 4.98 Å². The van der Waals surface area contributed by atoms with Crippen LogP contribution in [0, 0.1) is 6.92 Å².